The third kappa shape index (κ3) is 4.92. The maximum Gasteiger partial charge on any atom is 0.416 e. The monoisotopic (exact) mass is 468 g/mol. The van der Waals surface area contributed by atoms with E-state index in [2.05, 4.69) is 10.3 Å². The van der Waals surface area contributed by atoms with Crippen LogP contribution in [0.1, 0.15) is 21.5 Å². The lowest BCUT2D eigenvalue weighted by Crippen LogP contribution is -2.04. The Hall–Kier alpha value is -4.45. The Morgan fingerprint density at radius 3 is 2.37 bits per heavy atom. The summed E-state index contributed by atoms with van der Waals surface area (Å²) in [5, 5.41) is 6.01. The average molecular weight is 468 g/mol. The van der Waals surface area contributed by atoms with Gasteiger partial charge < -0.3 is 5.32 Å². The number of carbonyl (C=O) groups is 1. The van der Waals surface area contributed by atoms with Crippen molar-refractivity contribution in [3.05, 3.63) is 120 Å². The number of ketones is 1. The Balaban J connectivity index is 1.31. The highest BCUT2D eigenvalue weighted by molar-refractivity contribution is 6.07. The molecule has 5 rings (SSSR count). The van der Waals surface area contributed by atoms with E-state index < -0.39 is 11.7 Å². The quantitative estimate of drug-likeness (QED) is 0.210. The molecule has 1 heterocycles. The summed E-state index contributed by atoms with van der Waals surface area (Å²) in [6, 6.07) is 26.2. The van der Waals surface area contributed by atoms with E-state index in [1.165, 1.54) is 12.3 Å². The zero-order valence-corrected chi connectivity index (χ0v) is 18.4. The number of carbonyl (C=O) groups excluding carboxylic acids is 1. The predicted molar refractivity (Wildman–Crippen MR) is 134 cm³/mol. The molecule has 5 aromatic rings. The second-order valence-electron chi connectivity index (χ2n) is 8.09. The van der Waals surface area contributed by atoms with Gasteiger partial charge in [0, 0.05) is 28.5 Å². The van der Waals surface area contributed by atoms with Gasteiger partial charge in [0.25, 0.3) is 0 Å². The first kappa shape index (κ1) is 22.3. The maximum absolute atomic E-state index is 13.0. The number of fused-ring (bicyclic) bond motifs is 2. The van der Waals surface area contributed by atoms with Gasteiger partial charge in [-0.15, -0.1) is 0 Å². The molecule has 0 radical (unpaired) electrons. The molecule has 0 fully saturated rings. The van der Waals surface area contributed by atoms with E-state index in [4.69, 9.17) is 0 Å². The standard InChI is InChI=1S/C29H19F3N2O/c30-29(31,32)23-10-13-25-26(15-16-33-27(25)18-23)34-24-11-8-21(9-12-24)28(35)14-6-19-5-7-20-3-1-2-4-22(20)17-19/h1-18H,(H,33,34)/b14-6+. The summed E-state index contributed by atoms with van der Waals surface area (Å²) < 4.78 is 39.0. The molecule has 172 valence electrons. The summed E-state index contributed by atoms with van der Waals surface area (Å²) in [4.78, 5) is 16.7. The molecule has 0 spiro atoms. The Morgan fingerprint density at radius 2 is 1.60 bits per heavy atom. The summed E-state index contributed by atoms with van der Waals surface area (Å²) in [6.07, 6.45) is 0.366. The third-order valence-corrected chi connectivity index (χ3v) is 5.72. The number of allylic oxidation sites excluding steroid dienone is 1. The third-order valence-electron chi connectivity index (χ3n) is 5.72. The summed E-state index contributed by atoms with van der Waals surface area (Å²) in [5.41, 5.74) is 2.30. The van der Waals surface area contributed by atoms with Crippen molar-refractivity contribution >= 4 is 44.9 Å². The molecule has 1 aromatic heterocycles. The van der Waals surface area contributed by atoms with Gasteiger partial charge in [0.15, 0.2) is 5.78 Å². The Morgan fingerprint density at radius 1 is 0.829 bits per heavy atom. The van der Waals surface area contributed by atoms with E-state index in [9.17, 15) is 18.0 Å². The fraction of sp³-hybridized carbons (Fsp3) is 0.0345. The number of hydrogen-bond acceptors (Lipinski definition) is 3. The molecule has 0 atom stereocenters. The molecule has 0 unspecified atom stereocenters. The SMILES string of the molecule is O=C(/C=C/c1ccc2ccccc2c1)c1ccc(Nc2ccnc3cc(C(F)(F)F)ccc23)cc1. The molecule has 0 aliphatic carbocycles. The highest BCUT2D eigenvalue weighted by Crippen LogP contribution is 2.33. The van der Waals surface area contributed by atoms with Crippen LogP contribution in [-0.2, 0) is 6.18 Å². The van der Waals surface area contributed by atoms with Crippen LogP contribution in [0.4, 0.5) is 24.5 Å². The largest absolute Gasteiger partial charge is 0.416 e. The van der Waals surface area contributed by atoms with Crippen LogP contribution in [0.5, 0.6) is 0 Å². The van der Waals surface area contributed by atoms with Gasteiger partial charge in [-0.1, -0.05) is 48.5 Å². The minimum Gasteiger partial charge on any atom is -0.355 e. The van der Waals surface area contributed by atoms with Gasteiger partial charge in [0.1, 0.15) is 0 Å². The maximum atomic E-state index is 13.0. The predicted octanol–water partition coefficient (Wildman–Crippen LogP) is 8.05. The van der Waals surface area contributed by atoms with Crippen LogP contribution < -0.4 is 5.32 Å². The van der Waals surface area contributed by atoms with Crippen molar-refractivity contribution in [2.24, 2.45) is 0 Å². The van der Waals surface area contributed by atoms with Crippen molar-refractivity contribution in [2.45, 2.75) is 6.18 Å². The fourth-order valence-electron chi connectivity index (χ4n) is 3.89. The van der Waals surface area contributed by atoms with Crippen molar-refractivity contribution in [1.82, 2.24) is 4.98 Å². The zero-order chi connectivity index (χ0) is 24.4. The molecular formula is C29H19F3N2O. The first-order valence-electron chi connectivity index (χ1n) is 10.9. The topological polar surface area (TPSA) is 42.0 Å². The number of anilines is 2. The van der Waals surface area contributed by atoms with E-state index >= 15 is 0 Å². The highest BCUT2D eigenvalue weighted by atomic mass is 19.4. The van der Waals surface area contributed by atoms with Crippen molar-refractivity contribution < 1.29 is 18.0 Å². The fourth-order valence-corrected chi connectivity index (χ4v) is 3.89. The zero-order valence-electron chi connectivity index (χ0n) is 18.4. The van der Waals surface area contributed by atoms with Crippen molar-refractivity contribution in [2.75, 3.05) is 5.32 Å². The molecule has 0 aliphatic rings. The lowest BCUT2D eigenvalue weighted by Gasteiger charge is -2.12. The summed E-state index contributed by atoms with van der Waals surface area (Å²) >= 11 is 0. The van der Waals surface area contributed by atoms with Gasteiger partial charge in [0.2, 0.25) is 0 Å². The molecule has 35 heavy (non-hydrogen) atoms. The number of nitrogens with one attached hydrogen (secondary N) is 1. The minimum absolute atomic E-state index is 0.126. The Bertz CT molecular complexity index is 1570. The first-order chi connectivity index (χ1) is 16.9. The van der Waals surface area contributed by atoms with Gasteiger partial charge in [-0.2, -0.15) is 13.2 Å². The van der Waals surface area contributed by atoms with Crippen molar-refractivity contribution in [1.29, 1.82) is 0 Å². The molecule has 0 bridgehead atoms. The van der Waals surface area contributed by atoms with Crippen LogP contribution in [0, 0.1) is 0 Å². The lowest BCUT2D eigenvalue weighted by atomic mass is 10.1. The summed E-state index contributed by atoms with van der Waals surface area (Å²) in [5.74, 6) is -0.126. The number of benzene rings is 4. The van der Waals surface area contributed by atoms with E-state index in [0.717, 1.165) is 28.5 Å². The van der Waals surface area contributed by atoms with Crippen LogP contribution in [0.3, 0.4) is 0 Å². The van der Waals surface area contributed by atoms with E-state index in [1.807, 2.05) is 42.5 Å². The molecule has 0 saturated carbocycles. The Kier molecular flexibility index (Phi) is 5.79. The number of rotatable bonds is 5. The number of alkyl halides is 3. The first-order valence-corrected chi connectivity index (χ1v) is 10.9. The second-order valence-corrected chi connectivity index (χ2v) is 8.09. The molecule has 3 nitrogen and oxygen atoms in total. The van der Waals surface area contributed by atoms with Crippen molar-refractivity contribution in [3.8, 4) is 0 Å². The highest BCUT2D eigenvalue weighted by Gasteiger charge is 2.30. The Labute approximate surface area is 199 Å². The van der Waals surface area contributed by atoms with Gasteiger partial charge in [-0.3, -0.25) is 9.78 Å². The van der Waals surface area contributed by atoms with Crippen molar-refractivity contribution in [3.63, 3.8) is 0 Å². The number of nitrogens with zero attached hydrogens (tertiary/aromatic N) is 1. The van der Waals surface area contributed by atoms with Crippen LogP contribution in [0.25, 0.3) is 27.8 Å². The van der Waals surface area contributed by atoms with Crippen LogP contribution in [0.15, 0.2) is 103 Å². The summed E-state index contributed by atoms with van der Waals surface area (Å²) in [7, 11) is 0. The smallest absolute Gasteiger partial charge is 0.355 e. The molecule has 4 aromatic carbocycles. The van der Waals surface area contributed by atoms with Gasteiger partial charge >= 0.3 is 6.18 Å². The van der Waals surface area contributed by atoms with E-state index in [0.29, 0.717) is 22.3 Å². The molecular weight excluding hydrogens is 449 g/mol. The number of hydrogen-bond donors (Lipinski definition) is 1. The number of pyridine rings is 1. The molecule has 6 heteroatoms. The normalized spacial score (nSPS) is 11.9. The summed E-state index contributed by atoms with van der Waals surface area (Å²) in [6.45, 7) is 0. The van der Waals surface area contributed by atoms with E-state index in [1.54, 1.807) is 42.5 Å². The van der Waals surface area contributed by atoms with Gasteiger partial charge in [-0.25, -0.2) is 0 Å². The second kappa shape index (κ2) is 9.06. The van der Waals surface area contributed by atoms with Crippen LogP contribution >= 0.6 is 0 Å². The van der Waals surface area contributed by atoms with E-state index in [-0.39, 0.29) is 11.3 Å². The van der Waals surface area contributed by atoms with Gasteiger partial charge in [-0.05, 0) is 70.9 Å². The number of halogens is 3. The minimum atomic E-state index is -4.43. The lowest BCUT2D eigenvalue weighted by molar-refractivity contribution is -0.137. The van der Waals surface area contributed by atoms with Crippen LogP contribution in [-0.4, -0.2) is 10.8 Å². The van der Waals surface area contributed by atoms with Crippen LogP contribution in [0.2, 0.25) is 0 Å². The molecule has 1 N–H and O–H groups in total. The molecule has 0 saturated heterocycles. The molecule has 0 amide bonds. The van der Waals surface area contributed by atoms with Gasteiger partial charge in [0.05, 0.1) is 11.1 Å². The number of aromatic nitrogens is 1. The molecule has 0 aliphatic heterocycles. The average Bonchev–Trinajstić information content (AvgIpc) is 2.87.